The number of halogens is 2. The first kappa shape index (κ1) is 11.2. The second-order valence-corrected chi connectivity index (χ2v) is 4.06. The van der Waals surface area contributed by atoms with Crippen LogP contribution in [0.15, 0.2) is 16.7 Å². The number of rotatable bonds is 2. The number of hydrogen-bond acceptors (Lipinski definition) is 4. The number of nitrogen functional groups attached to an aromatic ring is 1. The van der Waals surface area contributed by atoms with Crippen molar-refractivity contribution >= 4 is 28.9 Å². The molecule has 0 radical (unpaired) electrons. The fourth-order valence-corrected chi connectivity index (χ4v) is 1.76. The van der Waals surface area contributed by atoms with Crippen LogP contribution in [0.5, 0.6) is 0 Å². The molecule has 1 heterocycles. The molecule has 0 bridgehead atoms. The van der Waals surface area contributed by atoms with E-state index in [-0.39, 0.29) is 0 Å². The van der Waals surface area contributed by atoms with Crippen molar-refractivity contribution < 1.29 is 4.52 Å². The minimum atomic E-state index is 0.332. The van der Waals surface area contributed by atoms with Gasteiger partial charge in [-0.25, -0.2) is 0 Å². The maximum atomic E-state index is 5.91. The number of aromatic nitrogens is 2. The summed E-state index contributed by atoms with van der Waals surface area (Å²) in [5.41, 5.74) is 6.76. The lowest BCUT2D eigenvalue weighted by molar-refractivity contribution is 0.423. The standard InChI is InChI=1S/C10H9Cl2N3O/c1-2-8-14-10(16-15-8)6-3-5(11)4-7(12)9(6)13/h3-4H,2,13H2,1H3. The Bertz CT molecular complexity index is 525. The van der Waals surface area contributed by atoms with Crippen LogP contribution in [0.1, 0.15) is 12.7 Å². The smallest absolute Gasteiger partial charge is 0.260 e. The molecule has 1 aromatic carbocycles. The van der Waals surface area contributed by atoms with Gasteiger partial charge < -0.3 is 10.3 Å². The Kier molecular flexibility index (Phi) is 3.03. The molecule has 0 saturated carbocycles. The third-order valence-corrected chi connectivity index (χ3v) is 2.64. The van der Waals surface area contributed by atoms with Gasteiger partial charge in [-0.1, -0.05) is 35.3 Å². The summed E-state index contributed by atoms with van der Waals surface area (Å²) in [6, 6.07) is 3.22. The minimum Gasteiger partial charge on any atom is -0.397 e. The summed E-state index contributed by atoms with van der Waals surface area (Å²) in [5, 5.41) is 4.63. The van der Waals surface area contributed by atoms with Crippen LogP contribution < -0.4 is 5.73 Å². The zero-order chi connectivity index (χ0) is 11.7. The molecule has 84 valence electrons. The van der Waals surface area contributed by atoms with Gasteiger partial charge in [-0.15, -0.1) is 0 Å². The van der Waals surface area contributed by atoms with Gasteiger partial charge >= 0.3 is 0 Å². The van der Waals surface area contributed by atoms with Crippen molar-refractivity contribution in [1.29, 1.82) is 0 Å². The molecule has 2 aromatic rings. The van der Waals surface area contributed by atoms with E-state index in [1.165, 1.54) is 0 Å². The Morgan fingerprint density at radius 1 is 1.38 bits per heavy atom. The van der Waals surface area contributed by atoms with Gasteiger partial charge in [-0.05, 0) is 12.1 Å². The third-order valence-electron chi connectivity index (χ3n) is 2.11. The van der Waals surface area contributed by atoms with Gasteiger partial charge in [0.15, 0.2) is 5.82 Å². The van der Waals surface area contributed by atoms with E-state index >= 15 is 0 Å². The maximum Gasteiger partial charge on any atom is 0.260 e. The van der Waals surface area contributed by atoms with Crippen LogP contribution in [0.25, 0.3) is 11.5 Å². The number of nitrogens with zero attached hydrogens (tertiary/aromatic N) is 2. The Morgan fingerprint density at radius 2 is 2.12 bits per heavy atom. The molecule has 0 saturated heterocycles. The molecule has 6 heteroatoms. The molecule has 0 fully saturated rings. The highest BCUT2D eigenvalue weighted by atomic mass is 35.5. The highest BCUT2D eigenvalue weighted by Crippen LogP contribution is 2.33. The van der Waals surface area contributed by atoms with Crippen molar-refractivity contribution in [2.45, 2.75) is 13.3 Å². The molecular formula is C10H9Cl2N3O. The Morgan fingerprint density at radius 3 is 2.75 bits per heavy atom. The van der Waals surface area contributed by atoms with Crippen molar-refractivity contribution in [3.05, 3.63) is 28.0 Å². The van der Waals surface area contributed by atoms with Crippen LogP contribution >= 0.6 is 23.2 Å². The summed E-state index contributed by atoms with van der Waals surface area (Å²) in [6.45, 7) is 1.93. The lowest BCUT2D eigenvalue weighted by atomic mass is 10.2. The molecule has 0 aliphatic heterocycles. The van der Waals surface area contributed by atoms with Crippen molar-refractivity contribution in [2.75, 3.05) is 5.73 Å². The van der Waals surface area contributed by atoms with E-state index in [0.717, 1.165) is 0 Å². The average molecular weight is 258 g/mol. The monoisotopic (exact) mass is 257 g/mol. The van der Waals surface area contributed by atoms with Crippen LogP contribution in [0.4, 0.5) is 5.69 Å². The summed E-state index contributed by atoms with van der Waals surface area (Å²) in [6.07, 6.45) is 0.692. The van der Waals surface area contributed by atoms with E-state index in [2.05, 4.69) is 10.1 Å². The van der Waals surface area contributed by atoms with E-state index in [1.807, 2.05) is 6.92 Å². The Labute approximate surface area is 102 Å². The summed E-state index contributed by atoms with van der Waals surface area (Å²) in [4.78, 5) is 4.17. The summed E-state index contributed by atoms with van der Waals surface area (Å²) < 4.78 is 5.07. The largest absolute Gasteiger partial charge is 0.397 e. The van der Waals surface area contributed by atoms with Crippen LogP contribution in [-0.2, 0) is 6.42 Å². The van der Waals surface area contributed by atoms with Crippen LogP contribution in [0.2, 0.25) is 10.0 Å². The molecule has 2 rings (SSSR count). The van der Waals surface area contributed by atoms with Gasteiger partial charge in [0.1, 0.15) is 0 Å². The first-order valence-electron chi connectivity index (χ1n) is 4.69. The quantitative estimate of drug-likeness (QED) is 0.840. The Balaban J connectivity index is 2.54. The molecule has 0 amide bonds. The van der Waals surface area contributed by atoms with Gasteiger partial charge in [0, 0.05) is 11.4 Å². The third kappa shape index (κ3) is 1.99. The fraction of sp³-hybridized carbons (Fsp3) is 0.200. The highest BCUT2D eigenvalue weighted by molar-refractivity contribution is 6.37. The lowest BCUT2D eigenvalue weighted by Gasteiger charge is -2.03. The number of nitrogens with two attached hydrogens (primary N) is 1. The van der Waals surface area contributed by atoms with Gasteiger partial charge in [0.2, 0.25) is 0 Å². The van der Waals surface area contributed by atoms with Crippen LogP contribution in [0.3, 0.4) is 0 Å². The van der Waals surface area contributed by atoms with Crippen molar-refractivity contribution in [3.8, 4) is 11.5 Å². The zero-order valence-corrected chi connectivity index (χ0v) is 10.0. The van der Waals surface area contributed by atoms with Crippen LogP contribution in [0, 0.1) is 0 Å². The molecular weight excluding hydrogens is 249 g/mol. The SMILES string of the molecule is CCc1noc(-c2cc(Cl)cc(Cl)c2N)n1. The molecule has 4 nitrogen and oxygen atoms in total. The minimum absolute atomic E-state index is 0.332. The van der Waals surface area contributed by atoms with E-state index < -0.39 is 0 Å². The van der Waals surface area contributed by atoms with Gasteiger partial charge in [0.25, 0.3) is 5.89 Å². The van der Waals surface area contributed by atoms with E-state index in [0.29, 0.717) is 39.4 Å². The van der Waals surface area contributed by atoms with Crippen molar-refractivity contribution in [2.24, 2.45) is 0 Å². The fourth-order valence-electron chi connectivity index (χ4n) is 1.27. The van der Waals surface area contributed by atoms with E-state index in [4.69, 9.17) is 33.5 Å². The molecule has 0 spiro atoms. The average Bonchev–Trinajstić information content (AvgIpc) is 2.71. The lowest BCUT2D eigenvalue weighted by Crippen LogP contribution is -1.92. The molecule has 0 aliphatic rings. The second kappa shape index (κ2) is 4.31. The number of aryl methyl sites for hydroxylation is 1. The maximum absolute atomic E-state index is 5.91. The van der Waals surface area contributed by atoms with Gasteiger partial charge in [-0.3, -0.25) is 0 Å². The summed E-state index contributed by atoms with van der Waals surface area (Å²) in [7, 11) is 0. The molecule has 0 aliphatic carbocycles. The summed E-state index contributed by atoms with van der Waals surface area (Å²) >= 11 is 11.8. The number of hydrogen-bond donors (Lipinski definition) is 1. The molecule has 16 heavy (non-hydrogen) atoms. The number of anilines is 1. The van der Waals surface area contributed by atoms with Gasteiger partial charge in [0.05, 0.1) is 16.3 Å². The van der Waals surface area contributed by atoms with Crippen LogP contribution in [-0.4, -0.2) is 10.1 Å². The highest BCUT2D eigenvalue weighted by Gasteiger charge is 2.14. The first-order valence-corrected chi connectivity index (χ1v) is 5.45. The molecule has 0 unspecified atom stereocenters. The van der Waals surface area contributed by atoms with E-state index in [9.17, 15) is 0 Å². The predicted molar refractivity (Wildman–Crippen MR) is 63.5 cm³/mol. The van der Waals surface area contributed by atoms with Crippen molar-refractivity contribution in [3.63, 3.8) is 0 Å². The molecule has 1 aromatic heterocycles. The van der Waals surface area contributed by atoms with Crippen molar-refractivity contribution in [1.82, 2.24) is 10.1 Å². The predicted octanol–water partition coefficient (Wildman–Crippen LogP) is 3.19. The zero-order valence-electron chi connectivity index (χ0n) is 8.50. The Hall–Kier alpha value is -1.26. The topological polar surface area (TPSA) is 64.9 Å². The summed E-state index contributed by atoms with van der Waals surface area (Å²) in [5.74, 6) is 0.948. The first-order chi connectivity index (χ1) is 7.61. The molecule has 0 atom stereocenters. The van der Waals surface area contributed by atoms with Gasteiger partial charge in [-0.2, -0.15) is 4.98 Å². The second-order valence-electron chi connectivity index (χ2n) is 3.22. The normalized spacial score (nSPS) is 10.7. The van der Waals surface area contributed by atoms with E-state index in [1.54, 1.807) is 12.1 Å². The molecule has 2 N–H and O–H groups in total. The number of benzene rings is 1.